The van der Waals surface area contributed by atoms with Gasteiger partial charge in [0.25, 0.3) is 5.69 Å². The van der Waals surface area contributed by atoms with Gasteiger partial charge in [0.05, 0.1) is 28.0 Å². The fourth-order valence-electron chi connectivity index (χ4n) is 2.28. The van der Waals surface area contributed by atoms with Crippen molar-refractivity contribution in [1.82, 2.24) is 5.43 Å². The number of amides is 1. The molecule has 0 aliphatic carbocycles. The molecule has 11 heteroatoms. The monoisotopic (exact) mass is 447 g/mol. The predicted molar refractivity (Wildman–Crippen MR) is 108 cm³/mol. The van der Waals surface area contributed by atoms with E-state index in [9.17, 15) is 19.7 Å². The summed E-state index contributed by atoms with van der Waals surface area (Å²) in [5, 5.41) is 15.2. The Balaban J connectivity index is 1.84. The van der Waals surface area contributed by atoms with E-state index in [4.69, 9.17) is 32.4 Å². The van der Waals surface area contributed by atoms with Crippen LogP contribution in [0.1, 0.15) is 26.5 Å². The number of nitrogens with one attached hydrogen (secondary N) is 1. The molecule has 2 aromatic carbocycles. The molecule has 30 heavy (non-hydrogen) atoms. The van der Waals surface area contributed by atoms with Gasteiger partial charge in [-0.1, -0.05) is 23.2 Å². The van der Waals surface area contributed by atoms with Crippen LogP contribution < -0.4 is 10.2 Å². The van der Waals surface area contributed by atoms with Crippen molar-refractivity contribution >= 4 is 47.0 Å². The zero-order chi connectivity index (χ0) is 21.7. The van der Waals surface area contributed by atoms with Crippen LogP contribution in [0.3, 0.4) is 0 Å². The van der Waals surface area contributed by atoms with E-state index in [0.29, 0.717) is 5.02 Å². The highest BCUT2D eigenvalue weighted by Crippen LogP contribution is 2.26. The molecule has 0 aliphatic heterocycles. The number of ether oxygens (including phenoxy) is 1. The Hall–Kier alpha value is -3.69. The summed E-state index contributed by atoms with van der Waals surface area (Å²) in [4.78, 5) is 34.7. The van der Waals surface area contributed by atoms with Gasteiger partial charge < -0.3 is 9.15 Å². The number of rotatable bonds is 6. The number of hydrogen-bond donors (Lipinski definition) is 1. The molecule has 0 unspecified atom stereocenters. The molecular formula is C19H11Cl2N3O6. The first-order valence-corrected chi connectivity index (χ1v) is 8.93. The number of esters is 1. The number of nitro groups is 1. The fourth-order valence-corrected chi connectivity index (χ4v) is 2.76. The number of nitrogens with zero attached hydrogens (tertiary/aromatic N) is 2. The van der Waals surface area contributed by atoms with Gasteiger partial charge in [-0.3, -0.25) is 14.9 Å². The van der Waals surface area contributed by atoms with E-state index in [1.165, 1.54) is 42.7 Å². The summed E-state index contributed by atoms with van der Waals surface area (Å²) in [6, 6.07) is 10.7. The third kappa shape index (κ3) is 5.02. The van der Waals surface area contributed by atoms with Crippen molar-refractivity contribution in [3.63, 3.8) is 0 Å². The van der Waals surface area contributed by atoms with E-state index in [1.54, 1.807) is 0 Å². The first-order valence-electron chi connectivity index (χ1n) is 8.17. The number of hydrogen-bond acceptors (Lipinski definition) is 7. The van der Waals surface area contributed by atoms with E-state index in [0.717, 1.165) is 18.3 Å². The van der Waals surface area contributed by atoms with Crippen LogP contribution in [-0.4, -0.2) is 23.0 Å². The lowest BCUT2D eigenvalue weighted by molar-refractivity contribution is -0.384. The van der Waals surface area contributed by atoms with Crippen molar-refractivity contribution in [2.24, 2.45) is 5.10 Å². The van der Waals surface area contributed by atoms with Gasteiger partial charge in [0.15, 0.2) is 5.76 Å². The minimum atomic E-state index is -0.806. The second-order valence-corrected chi connectivity index (χ2v) is 6.51. The number of carbonyl (C=O) groups is 2. The molecule has 1 heterocycles. The maximum atomic E-state index is 12.4. The van der Waals surface area contributed by atoms with Crippen molar-refractivity contribution in [1.29, 1.82) is 0 Å². The summed E-state index contributed by atoms with van der Waals surface area (Å²) in [7, 11) is 0. The highest BCUT2D eigenvalue weighted by molar-refractivity contribution is 6.36. The highest BCUT2D eigenvalue weighted by Gasteiger charge is 2.17. The van der Waals surface area contributed by atoms with Crippen LogP contribution in [0, 0.1) is 10.1 Å². The molecule has 3 aromatic rings. The van der Waals surface area contributed by atoms with E-state index in [1.807, 2.05) is 0 Å². The van der Waals surface area contributed by atoms with E-state index >= 15 is 0 Å². The summed E-state index contributed by atoms with van der Waals surface area (Å²) in [6.07, 6.45) is 2.42. The van der Waals surface area contributed by atoms with Crippen LogP contribution in [0.25, 0.3) is 0 Å². The average molecular weight is 448 g/mol. The van der Waals surface area contributed by atoms with Crippen LogP contribution >= 0.6 is 23.2 Å². The molecular weight excluding hydrogens is 437 g/mol. The third-order valence-electron chi connectivity index (χ3n) is 3.67. The Labute approximate surface area is 179 Å². The van der Waals surface area contributed by atoms with Crippen molar-refractivity contribution in [3.8, 4) is 5.75 Å². The smallest absolute Gasteiger partial charge is 0.345 e. The second-order valence-electron chi connectivity index (χ2n) is 5.67. The highest BCUT2D eigenvalue weighted by atomic mass is 35.5. The number of carbonyl (C=O) groups excluding carboxylic acids is 2. The maximum absolute atomic E-state index is 12.4. The molecule has 0 aliphatic rings. The predicted octanol–water partition coefficient (Wildman–Crippen LogP) is 4.48. The van der Waals surface area contributed by atoms with Crippen LogP contribution in [-0.2, 0) is 0 Å². The molecule has 0 spiro atoms. The van der Waals surface area contributed by atoms with Gasteiger partial charge in [-0.05, 0) is 36.4 Å². The van der Waals surface area contributed by atoms with E-state index < -0.39 is 16.8 Å². The number of furan rings is 1. The van der Waals surface area contributed by atoms with Gasteiger partial charge in [-0.25, -0.2) is 10.2 Å². The van der Waals surface area contributed by atoms with Gasteiger partial charge in [-0.15, -0.1) is 0 Å². The van der Waals surface area contributed by atoms with Crippen LogP contribution in [0.15, 0.2) is 64.3 Å². The standard InChI is InChI=1S/C19H11Cl2N3O6/c20-12-3-5-14(15(21)9-12)19(26)30-16-6-4-13(24(27)28)8-11(16)10-22-23-18(25)17-2-1-7-29-17/h1-10H,(H,23,25)/b22-10+. The van der Waals surface area contributed by atoms with Gasteiger partial charge in [0.2, 0.25) is 0 Å². The first kappa shape index (κ1) is 21.0. The van der Waals surface area contributed by atoms with Gasteiger partial charge in [0, 0.05) is 22.7 Å². The summed E-state index contributed by atoms with van der Waals surface area (Å²) >= 11 is 11.8. The average Bonchev–Trinajstić information content (AvgIpc) is 3.23. The SMILES string of the molecule is O=C(N/N=C/c1cc([N+](=O)[O-])ccc1OC(=O)c1ccc(Cl)cc1Cl)c1ccco1. The molecule has 0 radical (unpaired) electrons. The number of benzene rings is 2. The number of nitro benzene ring substituents is 1. The third-order valence-corrected chi connectivity index (χ3v) is 4.22. The molecule has 0 fully saturated rings. The van der Waals surface area contributed by atoms with E-state index in [2.05, 4.69) is 10.5 Å². The zero-order valence-corrected chi connectivity index (χ0v) is 16.4. The van der Waals surface area contributed by atoms with Crippen molar-refractivity contribution in [2.45, 2.75) is 0 Å². The molecule has 152 valence electrons. The zero-order valence-electron chi connectivity index (χ0n) is 14.9. The molecule has 1 N–H and O–H groups in total. The minimum Gasteiger partial charge on any atom is -0.459 e. The van der Waals surface area contributed by atoms with Gasteiger partial charge in [0.1, 0.15) is 5.75 Å². The summed E-state index contributed by atoms with van der Waals surface area (Å²) < 4.78 is 10.2. The Bertz CT molecular complexity index is 1150. The second kappa shape index (κ2) is 9.21. The molecule has 0 saturated heterocycles. The fraction of sp³-hybridized carbons (Fsp3) is 0. The molecule has 0 saturated carbocycles. The van der Waals surface area contributed by atoms with E-state index in [-0.39, 0.29) is 33.3 Å². The largest absolute Gasteiger partial charge is 0.459 e. The molecule has 1 amide bonds. The lowest BCUT2D eigenvalue weighted by Gasteiger charge is -2.08. The van der Waals surface area contributed by atoms with Crippen molar-refractivity contribution in [3.05, 3.63) is 91.8 Å². The Morgan fingerprint density at radius 3 is 2.63 bits per heavy atom. The normalized spacial score (nSPS) is 10.7. The number of hydrazone groups is 1. The van der Waals surface area contributed by atoms with Crippen molar-refractivity contribution in [2.75, 3.05) is 0 Å². The Morgan fingerprint density at radius 2 is 1.97 bits per heavy atom. The minimum absolute atomic E-state index is 0.0234. The first-order chi connectivity index (χ1) is 14.3. The van der Waals surface area contributed by atoms with Crippen LogP contribution in [0.4, 0.5) is 5.69 Å². The molecule has 1 aromatic heterocycles. The molecule has 9 nitrogen and oxygen atoms in total. The molecule has 3 rings (SSSR count). The van der Waals surface area contributed by atoms with Gasteiger partial charge >= 0.3 is 11.9 Å². The number of halogens is 2. The summed E-state index contributed by atoms with van der Waals surface area (Å²) in [6.45, 7) is 0. The molecule has 0 atom stereocenters. The lowest BCUT2D eigenvalue weighted by atomic mass is 10.2. The summed E-state index contributed by atoms with van der Waals surface area (Å²) in [5.74, 6) is -1.45. The lowest BCUT2D eigenvalue weighted by Crippen LogP contribution is -2.17. The topological polar surface area (TPSA) is 124 Å². The van der Waals surface area contributed by atoms with Crippen LogP contribution in [0.5, 0.6) is 5.75 Å². The summed E-state index contributed by atoms with van der Waals surface area (Å²) in [5.41, 5.74) is 2.06. The Kier molecular flexibility index (Phi) is 6.45. The quantitative estimate of drug-likeness (QED) is 0.195. The maximum Gasteiger partial charge on any atom is 0.345 e. The Morgan fingerprint density at radius 1 is 1.17 bits per heavy atom. The van der Waals surface area contributed by atoms with Crippen molar-refractivity contribution < 1.29 is 23.7 Å². The van der Waals surface area contributed by atoms with Crippen LogP contribution in [0.2, 0.25) is 10.0 Å². The number of non-ortho nitro benzene ring substituents is 1. The molecule has 0 bridgehead atoms. The van der Waals surface area contributed by atoms with Gasteiger partial charge in [-0.2, -0.15) is 5.10 Å².